The Kier molecular flexibility index (Phi) is 4.29. The number of fused-ring (bicyclic) bond motifs is 5. The van der Waals surface area contributed by atoms with Crippen molar-refractivity contribution in [2.24, 2.45) is 33.5 Å². The summed E-state index contributed by atoms with van der Waals surface area (Å²) in [6.45, 7) is 15.3. The first-order chi connectivity index (χ1) is 20.9. The summed E-state index contributed by atoms with van der Waals surface area (Å²) < 4.78 is 40.9. The number of epoxide rings is 2. The van der Waals surface area contributed by atoms with Crippen LogP contribution in [0.4, 0.5) is 0 Å². The highest BCUT2D eigenvalue weighted by atomic mass is 79.9. The molecule has 11 rings (SSSR count). The summed E-state index contributed by atoms with van der Waals surface area (Å²) in [5, 5.41) is 12.2. The van der Waals surface area contributed by atoms with E-state index in [-0.39, 0.29) is 42.4 Å². The molecule has 0 aromatic carbocycles. The lowest BCUT2D eigenvalue weighted by Crippen LogP contribution is -2.70. The van der Waals surface area contributed by atoms with Crippen LogP contribution < -0.4 is 0 Å². The lowest BCUT2D eigenvalue weighted by atomic mass is 9.47. The first-order valence-corrected chi connectivity index (χ1v) is 16.8. The number of aliphatic hydroxyl groups is 1. The van der Waals surface area contributed by atoms with E-state index in [9.17, 15) is 24.3 Å². The Hall–Kier alpha value is -2.06. The van der Waals surface area contributed by atoms with Crippen LogP contribution in [0.1, 0.15) is 54.4 Å². The average molecular weight is 692 g/mol. The van der Waals surface area contributed by atoms with Crippen molar-refractivity contribution in [3.05, 3.63) is 12.2 Å². The van der Waals surface area contributed by atoms with E-state index in [2.05, 4.69) is 22.5 Å². The second kappa shape index (κ2) is 6.90. The predicted octanol–water partition coefficient (Wildman–Crippen LogP) is 1.27. The van der Waals surface area contributed by atoms with Crippen LogP contribution in [0, 0.1) is 33.5 Å². The molecule has 4 saturated carbocycles. The molecule has 11 fully saturated rings. The summed E-state index contributed by atoms with van der Waals surface area (Å²) in [5.74, 6) is -1.91. The highest BCUT2D eigenvalue weighted by Gasteiger charge is 3.01. The molecule has 7 aliphatic heterocycles. The summed E-state index contributed by atoms with van der Waals surface area (Å²) >= 11 is 3.57. The van der Waals surface area contributed by atoms with Gasteiger partial charge in [-0.25, -0.2) is 9.59 Å². The van der Waals surface area contributed by atoms with Crippen LogP contribution in [0.2, 0.25) is 0 Å². The Morgan fingerprint density at radius 2 is 1.33 bits per heavy atom. The van der Waals surface area contributed by atoms with Gasteiger partial charge in [0.05, 0.1) is 22.0 Å². The molecule has 4 aliphatic carbocycles. The highest BCUT2D eigenvalue weighted by Crippen LogP contribution is 2.84. The molecule has 17 atom stereocenters. The number of ether oxygens (including phenoxy) is 7. The van der Waals surface area contributed by atoms with Crippen LogP contribution >= 0.6 is 15.9 Å². The zero-order chi connectivity index (χ0) is 32.1. The van der Waals surface area contributed by atoms with Crippen molar-refractivity contribution in [2.45, 2.75) is 119 Å². The van der Waals surface area contributed by atoms with E-state index >= 15 is 0 Å². The van der Waals surface area contributed by atoms with Crippen molar-refractivity contribution in [3.8, 4) is 0 Å². The third-order valence-corrected chi connectivity index (χ3v) is 16.4. The number of rotatable bonds is 2. The van der Waals surface area contributed by atoms with Crippen LogP contribution in [0.25, 0.3) is 0 Å². The third-order valence-electron chi connectivity index (χ3n) is 15.2. The monoisotopic (exact) mass is 690 g/mol. The van der Waals surface area contributed by atoms with Crippen LogP contribution in [0.5, 0.6) is 0 Å². The first-order valence-electron chi connectivity index (χ1n) is 15.7. The molecule has 45 heavy (non-hydrogen) atoms. The van der Waals surface area contributed by atoms with E-state index in [1.807, 2.05) is 27.7 Å². The SMILES string of the molecule is C=C(C)C1C2OC(=O)C1(C)C1(O)C[C@H]3O[C@]34C(=O)OC2C14C.CC12C(=O)OC3C4OC(=O)[C@@]56O[C@@H]5CC1(O[C@](C)(CBr)C32)C46C. The summed E-state index contributed by atoms with van der Waals surface area (Å²) in [7, 11) is 0. The fraction of sp³-hybridized carbons (Fsp3) is 0.812. The maximum absolute atomic E-state index is 12.9. The van der Waals surface area contributed by atoms with E-state index in [1.165, 1.54) is 0 Å². The zero-order valence-electron chi connectivity index (χ0n) is 25.8. The quantitative estimate of drug-likeness (QED) is 0.146. The standard InChI is InChI=1S/C16H17BrO6.C16H18O6/c1-12(5-17)8-7-9-14(3)15(23-12,13(8,2)10(18)20-7)4-6-16(14,22-6)11(19)21-9;1-6(2)8-9-10-14(4)15(19,13(8,3)11(17)20-9)5-7-16(14,22-7)12(18)21-10/h6-9H,4-5H2,1-3H3;7-10,19H,1,5H2,2-4H3/t6-,7?,8?,9?,12-,13?,14?,15?,16+;7-,8?,9?,10?,13?,14?,15?,16+/m11/s1. The average Bonchev–Trinajstić information content (AvgIpc) is 3.68. The maximum atomic E-state index is 12.9. The van der Waals surface area contributed by atoms with Gasteiger partial charge in [-0.2, -0.15) is 0 Å². The molecule has 1 N–H and O–H groups in total. The molecule has 7 saturated heterocycles. The fourth-order valence-corrected chi connectivity index (χ4v) is 13.7. The van der Waals surface area contributed by atoms with Gasteiger partial charge in [0.2, 0.25) is 11.2 Å². The van der Waals surface area contributed by atoms with Crippen molar-refractivity contribution >= 4 is 39.8 Å². The number of halogens is 1. The van der Waals surface area contributed by atoms with Crippen molar-refractivity contribution in [3.63, 3.8) is 0 Å². The molecule has 6 bridgehead atoms. The molecule has 3 spiro atoms. The molecular weight excluding hydrogens is 656 g/mol. The minimum atomic E-state index is -1.41. The number of carbonyl (C=O) groups excluding carboxylic acids is 4. The van der Waals surface area contributed by atoms with E-state index in [0.717, 1.165) is 5.57 Å². The van der Waals surface area contributed by atoms with Crippen LogP contribution in [-0.4, -0.2) is 98.9 Å². The molecule has 0 radical (unpaired) electrons. The van der Waals surface area contributed by atoms with E-state index < -0.39 is 86.0 Å². The van der Waals surface area contributed by atoms with Gasteiger partial charge in [0.15, 0.2) is 12.2 Å². The van der Waals surface area contributed by atoms with Crippen LogP contribution in [-0.2, 0) is 52.3 Å². The van der Waals surface area contributed by atoms with E-state index in [4.69, 9.17) is 33.2 Å². The van der Waals surface area contributed by atoms with Gasteiger partial charge >= 0.3 is 23.9 Å². The summed E-state index contributed by atoms with van der Waals surface area (Å²) in [4.78, 5) is 50.6. The number of carbonyl (C=O) groups is 4. The molecule has 11 aliphatic rings. The van der Waals surface area contributed by atoms with E-state index in [1.54, 1.807) is 13.8 Å². The molecule has 0 amide bonds. The number of alkyl halides is 1. The number of hydrogen-bond acceptors (Lipinski definition) is 12. The van der Waals surface area contributed by atoms with Crippen molar-refractivity contribution in [1.29, 1.82) is 0 Å². The topological polar surface area (TPSA) is 160 Å². The van der Waals surface area contributed by atoms with Crippen molar-refractivity contribution in [2.75, 3.05) is 5.33 Å². The van der Waals surface area contributed by atoms with Gasteiger partial charge in [-0.3, -0.25) is 9.59 Å². The van der Waals surface area contributed by atoms with Gasteiger partial charge in [-0.15, -0.1) is 0 Å². The Labute approximate surface area is 266 Å². The second-order valence-electron chi connectivity index (χ2n) is 16.3. The van der Waals surface area contributed by atoms with Gasteiger partial charge in [0.25, 0.3) is 0 Å². The molecule has 13 heteroatoms. The van der Waals surface area contributed by atoms with Crippen LogP contribution in [0.15, 0.2) is 12.2 Å². The smallest absolute Gasteiger partial charge is 0.342 e. The van der Waals surface area contributed by atoms with Gasteiger partial charge in [0.1, 0.15) is 40.8 Å². The lowest BCUT2D eigenvalue weighted by molar-refractivity contribution is -0.225. The number of esters is 4. The lowest BCUT2D eigenvalue weighted by Gasteiger charge is -2.55. The summed E-state index contributed by atoms with van der Waals surface area (Å²) in [6.07, 6.45) is -2.06. The molecular formula is C32H35BrO12. The summed E-state index contributed by atoms with van der Waals surface area (Å²) in [6, 6.07) is 0. The fourth-order valence-electron chi connectivity index (χ4n) is 13.2. The van der Waals surface area contributed by atoms with Gasteiger partial charge in [0, 0.05) is 30.0 Å². The molecule has 12 unspecified atom stereocenters. The molecule has 0 aromatic rings. The largest absolute Gasteiger partial charge is 0.457 e. The molecule has 7 heterocycles. The Morgan fingerprint density at radius 3 is 1.93 bits per heavy atom. The van der Waals surface area contributed by atoms with Gasteiger partial charge in [-0.05, 0) is 41.5 Å². The minimum Gasteiger partial charge on any atom is -0.457 e. The van der Waals surface area contributed by atoms with Gasteiger partial charge in [-0.1, -0.05) is 28.1 Å². The van der Waals surface area contributed by atoms with Crippen molar-refractivity contribution < 1.29 is 57.4 Å². The third kappa shape index (κ3) is 2.09. The maximum Gasteiger partial charge on any atom is 0.342 e. The minimum absolute atomic E-state index is 0.139. The molecule has 0 aromatic heterocycles. The second-order valence-corrected chi connectivity index (χ2v) is 16.9. The zero-order valence-corrected chi connectivity index (χ0v) is 27.3. The highest BCUT2D eigenvalue weighted by molar-refractivity contribution is 9.09. The Bertz CT molecular complexity index is 1650. The Balaban J connectivity index is 0.000000118. The van der Waals surface area contributed by atoms with Crippen LogP contribution in [0.3, 0.4) is 0 Å². The Morgan fingerprint density at radius 1 is 0.800 bits per heavy atom. The summed E-state index contributed by atoms with van der Waals surface area (Å²) in [5.41, 5.74) is -7.60. The van der Waals surface area contributed by atoms with Crippen molar-refractivity contribution in [1.82, 2.24) is 0 Å². The predicted molar refractivity (Wildman–Crippen MR) is 149 cm³/mol. The molecule has 12 nitrogen and oxygen atoms in total. The van der Waals surface area contributed by atoms with E-state index in [0.29, 0.717) is 11.8 Å². The molecule has 242 valence electrons. The normalized spacial score (nSPS) is 66.3. The first kappa shape index (κ1) is 28.0. The van der Waals surface area contributed by atoms with Gasteiger partial charge < -0.3 is 38.3 Å². The number of hydrogen-bond donors (Lipinski definition) is 1.